The Bertz CT molecular complexity index is 1520. The lowest BCUT2D eigenvalue weighted by Crippen LogP contribution is -2.49. The number of pyridine rings is 1. The lowest BCUT2D eigenvalue weighted by Gasteiger charge is -2.39. The molecule has 10 nitrogen and oxygen atoms in total. The van der Waals surface area contributed by atoms with Crippen molar-refractivity contribution in [1.82, 2.24) is 14.4 Å². The van der Waals surface area contributed by atoms with E-state index in [-0.39, 0.29) is 17.7 Å². The second-order valence-corrected chi connectivity index (χ2v) is 12.6. The van der Waals surface area contributed by atoms with Gasteiger partial charge in [-0.05, 0) is 75.4 Å². The average molecular weight is 608 g/mol. The highest BCUT2D eigenvalue weighted by molar-refractivity contribution is 5.84. The van der Waals surface area contributed by atoms with Crippen LogP contribution >= 0.6 is 0 Å². The van der Waals surface area contributed by atoms with Crippen LogP contribution in [0.2, 0.25) is 0 Å². The van der Waals surface area contributed by atoms with E-state index in [2.05, 4.69) is 4.90 Å². The van der Waals surface area contributed by atoms with Gasteiger partial charge in [0.25, 0.3) is 5.56 Å². The summed E-state index contributed by atoms with van der Waals surface area (Å²) in [4.78, 5) is 30.6. The molecule has 3 aromatic rings. The number of carbonyl (C=O) groups is 1. The molecule has 1 saturated heterocycles. The molecule has 0 saturated carbocycles. The van der Waals surface area contributed by atoms with Crippen LogP contribution in [0.25, 0.3) is 10.9 Å². The van der Waals surface area contributed by atoms with Crippen LogP contribution in [-0.4, -0.2) is 77.2 Å². The van der Waals surface area contributed by atoms with Gasteiger partial charge >= 0.3 is 6.09 Å². The van der Waals surface area contributed by atoms with Gasteiger partial charge in [0.05, 0.1) is 18.7 Å². The molecule has 1 N–H and O–H groups in total. The van der Waals surface area contributed by atoms with Gasteiger partial charge in [-0.1, -0.05) is 13.0 Å². The van der Waals surface area contributed by atoms with E-state index in [1.165, 1.54) is 0 Å². The van der Waals surface area contributed by atoms with Crippen LogP contribution in [0.3, 0.4) is 0 Å². The van der Waals surface area contributed by atoms with Crippen LogP contribution in [0.4, 0.5) is 4.79 Å². The summed E-state index contributed by atoms with van der Waals surface area (Å²) in [7, 11) is 1.59. The third-order valence-corrected chi connectivity index (χ3v) is 8.32. The normalized spacial score (nSPS) is 16.5. The molecule has 1 fully saturated rings. The topological polar surface area (TPSA) is 103 Å². The first-order chi connectivity index (χ1) is 21.1. The summed E-state index contributed by atoms with van der Waals surface area (Å²) in [5, 5.41) is 11.5. The molecule has 238 valence electrons. The van der Waals surface area contributed by atoms with Crippen molar-refractivity contribution in [1.29, 1.82) is 0 Å². The molecule has 2 aliphatic heterocycles. The number of aliphatic hydroxyl groups is 1. The number of amides is 1. The first-order valence-corrected chi connectivity index (χ1v) is 15.6. The van der Waals surface area contributed by atoms with Crippen LogP contribution in [0.1, 0.15) is 64.2 Å². The Morgan fingerprint density at radius 1 is 1.05 bits per heavy atom. The van der Waals surface area contributed by atoms with Crippen molar-refractivity contribution in [3.05, 3.63) is 63.9 Å². The van der Waals surface area contributed by atoms with Crippen LogP contribution in [-0.2, 0) is 17.8 Å². The van der Waals surface area contributed by atoms with Gasteiger partial charge in [-0.2, -0.15) is 0 Å². The number of carbonyl (C=O) groups excluding carboxylic acids is 1. The number of hydrogen-bond acceptors (Lipinski definition) is 8. The zero-order valence-corrected chi connectivity index (χ0v) is 26.5. The van der Waals surface area contributed by atoms with Gasteiger partial charge in [0.2, 0.25) is 0 Å². The molecular weight excluding hydrogens is 562 g/mol. The molecule has 5 rings (SSSR count). The summed E-state index contributed by atoms with van der Waals surface area (Å²) < 4.78 is 24.5. The van der Waals surface area contributed by atoms with Crippen molar-refractivity contribution in [3.63, 3.8) is 0 Å². The highest BCUT2D eigenvalue weighted by Gasteiger charge is 2.31. The molecule has 1 unspecified atom stereocenters. The van der Waals surface area contributed by atoms with E-state index in [1.54, 1.807) is 23.8 Å². The van der Waals surface area contributed by atoms with Gasteiger partial charge < -0.3 is 38.4 Å². The molecule has 1 amide bonds. The fraction of sp³-hybridized carbons (Fsp3) is 0.529. The molecule has 0 spiro atoms. The first kappa shape index (κ1) is 31.7. The number of fused-ring (bicyclic) bond motifs is 2. The Kier molecular flexibility index (Phi) is 9.70. The van der Waals surface area contributed by atoms with E-state index in [9.17, 15) is 14.7 Å². The maximum absolute atomic E-state index is 13.4. The monoisotopic (exact) mass is 607 g/mol. The fourth-order valence-electron chi connectivity index (χ4n) is 5.99. The van der Waals surface area contributed by atoms with E-state index in [0.29, 0.717) is 50.8 Å². The van der Waals surface area contributed by atoms with Crippen molar-refractivity contribution in [2.45, 2.75) is 77.8 Å². The Labute approximate surface area is 259 Å². The third-order valence-electron chi connectivity index (χ3n) is 8.32. The molecular formula is C34H45N3O7. The minimum atomic E-state index is -0.646. The van der Waals surface area contributed by atoms with E-state index < -0.39 is 11.7 Å². The van der Waals surface area contributed by atoms with Crippen LogP contribution in [0, 0.1) is 0 Å². The van der Waals surface area contributed by atoms with Crippen LogP contribution in [0.5, 0.6) is 17.2 Å². The van der Waals surface area contributed by atoms with Crippen molar-refractivity contribution in [2.75, 3.05) is 40.0 Å². The highest BCUT2D eigenvalue weighted by atomic mass is 16.6. The third kappa shape index (κ3) is 7.30. The number of methoxy groups -OCH3 is 1. The number of nitrogens with zero attached hydrogens (tertiary/aromatic N) is 3. The number of piperidine rings is 1. The molecule has 2 aromatic carbocycles. The predicted octanol–water partition coefficient (Wildman–Crippen LogP) is 5.13. The molecule has 0 aliphatic carbocycles. The van der Waals surface area contributed by atoms with Crippen molar-refractivity contribution >= 4 is 17.0 Å². The van der Waals surface area contributed by atoms with Crippen molar-refractivity contribution in [3.8, 4) is 17.2 Å². The minimum absolute atomic E-state index is 0.0110. The zero-order valence-electron chi connectivity index (χ0n) is 26.5. The largest absolute Gasteiger partial charge is 0.497 e. The maximum atomic E-state index is 13.4. The number of benzene rings is 2. The lowest BCUT2D eigenvalue weighted by atomic mass is 10.0. The molecule has 3 heterocycles. The Hall–Kier alpha value is -3.76. The zero-order chi connectivity index (χ0) is 31.4. The second-order valence-electron chi connectivity index (χ2n) is 12.6. The molecule has 1 aromatic heterocycles. The van der Waals surface area contributed by atoms with Crippen molar-refractivity contribution < 1.29 is 28.8 Å². The summed E-state index contributed by atoms with van der Waals surface area (Å²) in [6, 6.07) is 12.9. The van der Waals surface area contributed by atoms with Gasteiger partial charge in [-0.25, -0.2) is 4.79 Å². The highest BCUT2D eigenvalue weighted by Crippen LogP contribution is 2.33. The summed E-state index contributed by atoms with van der Waals surface area (Å²) >= 11 is 0. The predicted molar refractivity (Wildman–Crippen MR) is 169 cm³/mol. The molecule has 2 aliphatic rings. The first-order valence-electron chi connectivity index (χ1n) is 15.6. The smallest absolute Gasteiger partial charge is 0.410 e. The van der Waals surface area contributed by atoms with Crippen LogP contribution < -0.4 is 19.8 Å². The van der Waals surface area contributed by atoms with Gasteiger partial charge in [0, 0.05) is 56.3 Å². The summed E-state index contributed by atoms with van der Waals surface area (Å²) in [6.45, 7) is 11.8. The Morgan fingerprint density at radius 2 is 1.77 bits per heavy atom. The number of rotatable bonds is 9. The molecule has 44 heavy (non-hydrogen) atoms. The van der Waals surface area contributed by atoms with E-state index in [1.807, 2.05) is 62.9 Å². The fourth-order valence-corrected chi connectivity index (χ4v) is 5.99. The standard InChI is InChI=1S/C34H45N3O7/c1-6-29(38)27-20-25(41-5)21-28-26(27)8-10-32(39)36(28)16-15-35-13-11-24(12-14-35)37(33(40)44-34(2,3)4)22-23-7-9-30-31(19-23)43-18-17-42-30/h7-10,19-21,24,29,38H,6,11-18,22H2,1-5H3. The SMILES string of the molecule is CCC(O)c1cc(OC)cc2c1ccc(=O)n2CCN1CCC(N(Cc2ccc3c(c2)OCCO3)C(=O)OC(C)(C)C)CC1. The second kappa shape index (κ2) is 13.5. The molecule has 10 heteroatoms. The van der Waals surface area contributed by atoms with Gasteiger partial charge in [-0.15, -0.1) is 0 Å². The van der Waals surface area contributed by atoms with Gasteiger partial charge in [-0.3, -0.25) is 4.79 Å². The minimum Gasteiger partial charge on any atom is -0.497 e. The van der Waals surface area contributed by atoms with E-state index in [4.69, 9.17) is 18.9 Å². The van der Waals surface area contributed by atoms with Crippen LogP contribution in [0.15, 0.2) is 47.3 Å². The van der Waals surface area contributed by atoms with E-state index >= 15 is 0 Å². The summed E-state index contributed by atoms with van der Waals surface area (Å²) in [5.74, 6) is 2.03. The number of aliphatic hydroxyl groups excluding tert-OH is 1. The lowest BCUT2D eigenvalue weighted by molar-refractivity contribution is 0.00562. The Morgan fingerprint density at radius 3 is 2.45 bits per heavy atom. The maximum Gasteiger partial charge on any atom is 0.410 e. The summed E-state index contributed by atoms with van der Waals surface area (Å²) in [5.41, 5.74) is 1.78. The van der Waals surface area contributed by atoms with Gasteiger partial charge in [0.1, 0.15) is 24.6 Å². The van der Waals surface area contributed by atoms with Crippen molar-refractivity contribution in [2.24, 2.45) is 0 Å². The molecule has 1 atom stereocenters. The van der Waals surface area contributed by atoms with E-state index in [0.717, 1.165) is 53.7 Å². The van der Waals surface area contributed by atoms with Gasteiger partial charge in [0.15, 0.2) is 11.5 Å². The quantitative estimate of drug-likeness (QED) is 0.358. The average Bonchev–Trinajstić information content (AvgIpc) is 3.01. The number of hydrogen-bond donors (Lipinski definition) is 1. The molecule has 0 radical (unpaired) electrons. The number of aromatic nitrogens is 1. The molecule has 0 bridgehead atoms. The summed E-state index contributed by atoms with van der Waals surface area (Å²) in [6.07, 6.45) is 1.16. The number of likely N-dealkylation sites (tertiary alicyclic amines) is 1. The Balaban J connectivity index is 1.29. The number of ether oxygens (including phenoxy) is 4.